The van der Waals surface area contributed by atoms with Crippen molar-refractivity contribution in [3.8, 4) is 0 Å². The van der Waals surface area contributed by atoms with E-state index in [0.29, 0.717) is 0 Å². The maximum atomic E-state index is 12.6. The highest BCUT2D eigenvalue weighted by molar-refractivity contribution is 8.01. The second-order valence-electron chi connectivity index (χ2n) is 6.70. The first-order chi connectivity index (χ1) is 10.8. The Morgan fingerprint density at radius 1 is 1.12 bits per heavy atom. The lowest BCUT2D eigenvalue weighted by atomic mass is 9.78. The molecule has 0 saturated heterocycles. The molecule has 0 aliphatic carbocycles. The third kappa shape index (κ3) is 7.05. The van der Waals surface area contributed by atoms with E-state index in [1.54, 1.807) is 44.2 Å². The monoisotopic (exact) mass is 364 g/mol. The van der Waals surface area contributed by atoms with Crippen LogP contribution in [-0.2, 0) is 4.65 Å². The zero-order valence-corrected chi connectivity index (χ0v) is 15.1. The van der Waals surface area contributed by atoms with Gasteiger partial charge in [-0.3, -0.25) is 0 Å². The summed E-state index contributed by atoms with van der Waals surface area (Å²) < 4.78 is 43.2. The van der Waals surface area contributed by atoms with E-state index in [1.807, 2.05) is 0 Å². The second kappa shape index (κ2) is 8.12. The minimum Gasteiger partial charge on any atom is -0.426 e. The molecule has 24 heavy (non-hydrogen) atoms. The third-order valence-corrected chi connectivity index (χ3v) is 5.27. The molecule has 1 unspecified atom stereocenters. The van der Waals surface area contributed by atoms with Crippen molar-refractivity contribution in [1.82, 2.24) is 0 Å². The van der Waals surface area contributed by atoms with Crippen molar-refractivity contribution >= 4 is 18.9 Å². The highest BCUT2D eigenvalue weighted by atomic mass is 32.2. The van der Waals surface area contributed by atoms with Gasteiger partial charge in [-0.05, 0) is 46.2 Å². The summed E-state index contributed by atoms with van der Waals surface area (Å²) in [7, 11) is -1.45. The number of hydrogen-bond acceptors (Lipinski definition) is 4. The van der Waals surface area contributed by atoms with Gasteiger partial charge in [-0.2, -0.15) is 13.2 Å². The topological polar surface area (TPSA) is 49.7 Å². The molecule has 0 aliphatic heterocycles. The molecule has 0 aliphatic rings. The molecule has 0 fully saturated rings. The van der Waals surface area contributed by atoms with Crippen molar-refractivity contribution < 1.29 is 28.0 Å². The fraction of sp³-hybridized carbons (Fsp3) is 0.625. The molecule has 1 atom stereocenters. The van der Waals surface area contributed by atoms with Crippen LogP contribution in [0.4, 0.5) is 13.2 Å². The predicted octanol–water partition coefficient (Wildman–Crippen LogP) is 4.08. The molecular weight excluding hydrogens is 340 g/mol. The number of hydrogen-bond donors (Lipinski definition) is 2. The second-order valence-corrected chi connectivity index (χ2v) is 8.01. The molecule has 1 aromatic rings. The molecule has 3 nitrogen and oxygen atoms in total. The maximum absolute atomic E-state index is 12.6. The van der Waals surface area contributed by atoms with Crippen molar-refractivity contribution in [3.05, 3.63) is 30.3 Å². The van der Waals surface area contributed by atoms with E-state index in [1.165, 1.54) is 13.8 Å². The van der Waals surface area contributed by atoms with Gasteiger partial charge in [0, 0.05) is 16.5 Å². The van der Waals surface area contributed by atoms with E-state index >= 15 is 0 Å². The zero-order valence-electron chi connectivity index (χ0n) is 14.3. The molecule has 0 aromatic heterocycles. The molecule has 0 heterocycles. The summed E-state index contributed by atoms with van der Waals surface area (Å²) in [4.78, 5) is 0.744. The molecule has 0 bridgehead atoms. The van der Waals surface area contributed by atoms with Gasteiger partial charge in [0.25, 0.3) is 0 Å². The van der Waals surface area contributed by atoms with E-state index in [-0.39, 0.29) is 6.42 Å². The fourth-order valence-electron chi connectivity index (χ4n) is 1.76. The maximum Gasteiger partial charge on any atom is 0.468 e. The Kier molecular flexibility index (Phi) is 7.22. The minimum absolute atomic E-state index is 0.286. The lowest BCUT2D eigenvalue weighted by Gasteiger charge is -2.39. The standard InChI is InChI=1S/C16H24BF3O3S/c1-14(2,21)15(3,4)23-17(22)13(10-11-16(18,19)20)24-12-8-6-5-7-9-12/h5-9,13,21-22H,10-11H2,1-4H3. The molecule has 0 radical (unpaired) electrons. The Hall–Kier alpha value is -0.695. The number of halogens is 3. The molecule has 2 N–H and O–H groups in total. The van der Waals surface area contributed by atoms with Crippen LogP contribution in [0.2, 0.25) is 0 Å². The van der Waals surface area contributed by atoms with Crippen LogP contribution in [0.1, 0.15) is 40.5 Å². The predicted molar refractivity (Wildman–Crippen MR) is 90.8 cm³/mol. The Morgan fingerprint density at radius 3 is 2.12 bits per heavy atom. The molecular formula is C16H24BF3O3S. The fourth-order valence-corrected chi connectivity index (χ4v) is 2.83. The minimum atomic E-state index is -4.30. The SMILES string of the molecule is CC(C)(O)C(C)(C)OB(O)C(CCC(F)(F)F)Sc1ccccc1. The Labute approximate surface area is 145 Å². The van der Waals surface area contributed by atoms with Crippen molar-refractivity contribution in [3.63, 3.8) is 0 Å². The number of rotatable bonds is 8. The van der Waals surface area contributed by atoms with Gasteiger partial charge in [0.1, 0.15) is 0 Å². The van der Waals surface area contributed by atoms with Crippen LogP contribution >= 0.6 is 11.8 Å². The Bertz CT molecular complexity index is 504. The summed E-state index contributed by atoms with van der Waals surface area (Å²) in [6.07, 6.45) is -5.60. The van der Waals surface area contributed by atoms with Crippen LogP contribution in [0.5, 0.6) is 0 Å². The van der Waals surface area contributed by atoms with E-state index in [0.717, 1.165) is 16.7 Å². The highest BCUT2D eigenvalue weighted by Gasteiger charge is 2.42. The van der Waals surface area contributed by atoms with Crippen LogP contribution in [0.15, 0.2) is 35.2 Å². The average Bonchev–Trinajstić information content (AvgIpc) is 2.41. The number of thioether (sulfide) groups is 1. The molecule has 136 valence electrons. The quantitative estimate of drug-likeness (QED) is 0.539. The lowest BCUT2D eigenvalue weighted by Crippen LogP contribution is -2.52. The summed E-state index contributed by atoms with van der Waals surface area (Å²) in [5.41, 5.74) is -2.39. The average molecular weight is 364 g/mol. The van der Waals surface area contributed by atoms with Gasteiger partial charge in [-0.25, -0.2) is 0 Å². The van der Waals surface area contributed by atoms with Crippen molar-refractivity contribution in [2.45, 2.75) is 68.0 Å². The largest absolute Gasteiger partial charge is 0.468 e. The first-order valence-electron chi connectivity index (χ1n) is 7.68. The zero-order chi connectivity index (χ0) is 18.6. The Balaban J connectivity index is 2.86. The van der Waals surface area contributed by atoms with Crippen molar-refractivity contribution in [2.24, 2.45) is 0 Å². The summed E-state index contributed by atoms with van der Waals surface area (Å²) in [5.74, 6) is 0. The summed E-state index contributed by atoms with van der Waals surface area (Å²) in [6, 6.07) is 8.88. The van der Waals surface area contributed by atoms with Crippen molar-refractivity contribution in [1.29, 1.82) is 0 Å². The van der Waals surface area contributed by atoms with Gasteiger partial charge in [-0.1, -0.05) is 18.2 Å². The van der Waals surface area contributed by atoms with Crippen LogP contribution in [-0.4, -0.2) is 39.8 Å². The molecule has 1 rings (SSSR count). The number of benzene rings is 1. The van der Waals surface area contributed by atoms with Gasteiger partial charge in [-0.15, -0.1) is 11.8 Å². The van der Waals surface area contributed by atoms with E-state index in [9.17, 15) is 23.3 Å². The molecule has 0 amide bonds. The van der Waals surface area contributed by atoms with Gasteiger partial charge < -0.3 is 14.8 Å². The van der Waals surface area contributed by atoms with E-state index < -0.39 is 36.1 Å². The molecule has 0 saturated carbocycles. The molecule has 0 spiro atoms. The van der Waals surface area contributed by atoms with Crippen LogP contribution in [0.3, 0.4) is 0 Å². The van der Waals surface area contributed by atoms with Crippen molar-refractivity contribution in [2.75, 3.05) is 0 Å². The molecule has 1 aromatic carbocycles. The normalized spacial score (nSPS) is 14.5. The van der Waals surface area contributed by atoms with Gasteiger partial charge in [0.15, 0.2) is 0 Å². The highest BCUT2D eigenvalue weighted by Crippen LogP contribution is 2.34. The summed E-state index contributed by atoms with van der Waals surface area (Å²) >= 11 is 1.13. The van der Waals surface area contributed by atoms with Gasteiger partial charge in [0.05, 0.1) is 11.2 Å². The molecule has 8 heteroatoms. The lowest BCUT2D eigenvalue weighted by molar-refractivity contribution is -0.135. The van der Waals surface area contributed by atoms with Crippen LogP contribution in [0.25, 0.3) is 0 Å². The van der Waals surface area contributed by atoms with E-state index in [2.05, 4.69) is 0 Å². The first kappa shape index (κ1) is 21.3. The summed E-state index contributed by atoms with van der Waals surface area (Å²) in [5, 5.41) is 19.6. The third-order valence-electron chi connectivity index (χ3n) is 3.95. The van der Waals surface area contributed by atoms with Gasteiger partial charge in [0.2, 0.25) is 0 Å². The first-order valence-corrected chi connectivity index (χ1v) is 8.56. The van der Waals surface area contributed by atoms with Crippen LogP contribution in [0, 0.1) is 0 Å². The Morgan fingerprint density at radius 2 is 1.67 bits per heavy atom. The summed E-state index contributed by atoms with van der Waals surface area (Å²) in [6.45, 7) is 6.22. The number of aliphatic hydroxyl groups is 1. The smallest absolute Gasteiger partial charge is 0.426 e. The van der Waals surface area contributed by atoms with E-state index in [4.69, 9.17) is 4.65 Å². The number of alkyl halides is 3. The van der Waals surface area contributed by atoms with Gasteiger partial charge >= 0.3 is 13.3 Å². The van der Waals surface area contributed by atoms with Crippen LogP contribution < -0.4 is 0 Å².